The second-order valence-corrected chi connectivity index (χ2v) is 7.12. The van der Waals surface area contributed by atoms with Crippen LogP contribution >= 0.6 is 0 Å². The topological polar surface area (TPSA) is 80.2 Å². The first-order valence-corrected chi connectivity index (χ1v) is 8.39. The van der Waals surface area contributed by atoms with Crippen LogP contribution in [-0.2, 0) is 10.2 Å². The van der Waals surface area contributed by atoms with E-state index in [0.29, 0.717) is 17.1 Å². The number of hydrogen-bond donors (Lipinski definition) is 2. The maximum Gasteiger partial charge on any atom is 0.284 e. The van der Waals surface area contributed by atoms with Gasteiger partial charge in [0, 0.05) is 5.56 Å². The zero-order valence-electron chi connectivity index (χ0n) is 15.0. The van der Waals surface area contributed by atoms with Crippen LogP contribution in [0.2, 0.25) is 0 Å². The van der Waals surface area contributed by atoms with E-state index >= 15 is 0 Å². The number of hydrazone groups is 1. The van der Waals surface area contributed by atoms with Gasteiger partial charge in [-0.2, -0.15) is 5.10 Å². The highest BCUT2D eigenvalue weighted by Crippen LogP contribution is 2.36. The summed E-state index contributed by atoms with van der Waals surface area (Å²) in [5, 5.41) is 13.5. The predicted molar refractivity (Wildman–Crippen MR) is 98.9 cm³/mol. The summed E-state index contributed by atoms with van der Waals surface area (Å²) in [6, 6.07) is 12.5. The van der Waals surface area contributed by atoms with Gasteiger partial charge in [0.05, 0.1) is 6.21 Å². The minimum atomic E-state index is -0.792. The monoisotopic (exact) mass is 354 g/mol. The number of nitrogens with one attached hydrogen (secondary N) is 1. The third-order valence-corrected chi connectivity index (χ3v) is 4.08. The van der Waals surface area contributed by atoms with E-state index < -0.39 is 12.0 Å². The Morgan fingerprint density at radius 2 is 2.00 bits per heavy atom. The number of ether oxygens (including phenoxy) is 2. The fourth-order valence-corrected chi connectivity index (χ4v) is 2.50. The summed E-state index contributed by atoms with van der Waals surface area (Å²) in [5.41, 5.74) is 3.99. The van der Waals surface area contributed by atoms with Gasteiger partial charge in [-0.15, -0.1) is 0 Å². The van der Waals surface area contributed by atoms with E-state index in [-0.39, 0.29) is 17.8 Å². The third kappa shape index (κ3) is 3.96. The van der Waals surface area contributed by atoms with Crippen molar-refractivity contribution in [2.45, 2.75) is 32.3 Å². The first-order valence-electron chi connectivity index (χ1n) is 8.39. The highest BCUT2D eigenvalue weighted by molar-refractivity contribution is 5.86. The van der Waals surface area contributed by atoms with Crippen molar-refractivity contribution in [1.82, 2.24) is 5.43 Å². The van der Waals surface area contributed by atoms with Crippen LogP contribution in [0.4, 0.5) is 0 Å². The molecule has 0 fully saturated rings. The Kier molecular flexibility index (Phi) is 4.84. The maximum absolute atomic E-state index is 12.3. The number of phenols is 1. The number of nitrogens with zero attached hydrogens (tertiary/aromatic N) is 1. The number of benzene rings is 2. The summed E-state index contributed by atoms with van der Waals surface area (Å²) < 4.78 is 11.4. The maximum atomic E-state index is 12.3. The third-order valence-electron chi connectivity index (χ3n) is 4.08. The number of rotatable bonds is 3. The molecule has 136 valence electrons. The lowest BCUT2D eigenvalue weighted by molar-refractivity contribution is -0.130. The molecule has 0 aliphatic carbocycles. The van der Waals surface area contributed by atoms with Gasteiger partial charge in [-0.25, -0.2) is 5.43 Å². The standard InChI is InChI=1S/C20H22N2O4/c1-20(2,3)14-8-9-16-17(10-14)26-18(12-25-16)19(24)22-21-11-13-6-4-5-7-15(13)23/h4-11,18,23H,12H2,1-3H3,(H,22,24). The largest absolute Gasteiger partial charge is 0.507 e. The predicted octanol–water partition coefficient (Wildman–Crippen LogP) is 2.98. The summed E-state index contributed by atoms with van der Waals surface area (Å²) >= 11 is 0. The molecule has 1 aliphatic rings. The van der Waals surface area contributed by atoms with Crippen molar-refractivity contribution < 1.29 is 19.4 Å². The zero-order chi connectivity index (χ0) is 18.7. The fourth-order valence-electron chi connectivity index (χ4n) is 2.50. The molecule has 1 amide bonds. The van der Waals surface area contributed by atoms with Crippen LogP contribution in [0.5, 0.6) is 17.2 Å². The summed E-state index contributed by atoms with van der Waals surface area (Å²) in [5.74, 6) is 0.850. The summed E-state index contributed by atoms with van der Waals surface area (Å²) in [6.07, 6.45) is 0.585. The van der Waals surface area contributed by atoms with Gasteiger partial charge in [-0.1, -0.05) is 39.0 Å². The molecule has 6 heteroatoms. The van der Waals surface area contributed by atoms with Crippen LogP contribution < -0.4 is 14.9 Å². The Morgan fingerprint density at radius 3 is 2.73 bits per heavy atom. The van der Waals surface area contributed by atoms with Gasteiger partial charge in [-0.05, 0) is 35.2 Å². The molecule has 1 heterocycles. The van der Waals surface area contributed by atoms with Crippen molar-refractivity contribution in [2.24, 2.45) is 5.10 Å². The number of para-hydroxylation sites is 1. The summed E-state index contributed by atoms with van der Waals surface area (Å²) in [4.78, 5) is 12.3. The van der Waals surface area contributed by atoms with Crippen LogP contribution in [0.1, 0.15) is 31.9 Å². The van der Waals surface area contributed by atoms with E-state index in [1.165, 1.54) is 6.21 Å². The number of hydrogen-bond acceptors (Lipinski definition) is 5. The van der Waals surface area contributed by atoms with Crippen LogP contribution in [0, 0.1) is 0 Å². The Bertz CT molecular complexity index is 840. The molecule has 2 N–H and O–H groups in total. The second kappa shape index (κ2) is 7.07. The van der Waals surface area contributed by atoms with Crippen LogP contribution in [0.3, 0.4) is 0 Å². The number of aromatic hydroxyl groups is 1. The van der Waals surface area contributed by atoms with Crippen molar-refractivity contribution >= 4 is 12.1 Å². The minimum absolute atomic E-state index is 0.0322. The summed E-state index contributed by atoms with van der Waals surface area (Å²) in [7, 11) is 0. The van der Waals surface area contributed by atoms with Gasteiger partial charge in [-0.3, -0.25) is 4.79 Å². The van der Waals surface area contributed by atoms with Crippen molar-refractivity contribution in [1.29, 1.82) is 0 Å². The van der Waals surface area contributed by atoms with E-state index in [1.54, 1.807) is 24.3 Å². The molecular weight excluding hydrogens is 332 g/mol. The minimum Gasteiger partial charge on any atom is -0.507 e. The number of phenolic OH excluding ortho intramolecular Hbond substituents is 1. The van der Waals surface area contributed by atoms with Gasteiger partial charge in [0.25, 0.3) is 5.91 Å². The SMILES string of the molecule is CC(C)(C)c1ccc2c(c1)OC(C(=O)NN=Cc1ccccc1O)CO2. The van der Waals surface area contributed by atoms with Gasteiger partial charge in [0.15, 0.2) is 11.5 Å². The molecule has 26 heavy (non-hydrogen) atoms. The molecule has 0 radical (unpaired) electrons. The van der Waals surface area contributed by atoms with Crippen molar-refractivity contribution in [2.75, 3.05) is 6.61 Å². The molecule has 1 unspecified atom stereocenters. The lowest BCUT2D eigenvalue weighted by Gasteiger charge is -2.27. The van der Waals surface area contributed by atoms with E-state index in [2.05, 4.69) is 31.3 Å². The second-order valence-electron chi connectivity index (χ2n) is 7.12. The quantitative estimate of drug-likeness (QED) is 0.656. The molecule has 0 saturated heterocycles. The van der Waals surface area contributed by atoms with Gasteiger partial charge in [0.2, 0.25) is 6.10 Å². The molecular formula is C20H22N2O4. The Morgan fingerprint density at radius 1 is 1.23 bits per heavy atom. The van der Waals surface area contributed by atoms with Crippen molar-refractivity contribution in [3.05, 3.63) is 53.6 Å². The first kappa shape index (κ1) is 17.8. The van der Waals surface area contributed by atoms with E-state index in [1.807, 2.05) is 18.2 Å². The van der Waals surface area contributed by atoms with Crippen LogP contribution in [-0.4, -0.2) is 29.9 Å². The number of carbonyl (C=O) groups excluding carboxylic acids is 1. The lowest BCUT2D eigenvalue weighted by atomic mass is 9.87. The number of carbonyl (C=O) groups is 1. The van der Waals surface area contributed by atoms with Crippen LogP contribution in [0.15, 0.2) is 47.6 Å². The Hall–Kier alpha value is -3.02. The molecule has 0 saturated carbocycles. The van der Waals surface area contributed by atoms with E-state index in [9.17, 15) is 9.90 Å². The molecule has 6 nitrogen and oxygen atoms in total. The molecule has 0 spiro atoms. The summed E-state index contributed by atoms with van der Waals surface area (Å²) in [6.45, 7) is 6.43. The lowest BCUT2D eigenvalue weighted by Crippen LogP contribution is -2.42. The molecule has 3 rings (SSSR count). The van der Waals surface area contributed by atoms with Gasteiger partial charge in [0.1, 0.15) is 12.4 Å². The zero-order valence-corrected chi connectivity index (χ0v) is 15.0. The van der Waals surface area contributed by atoms with Gasteiger partial charge >= 0.3 is 0 Å². The number of fused-ring (bicyclic) bond motifs is 1. The smallest absolute Gasteiger partial charge is 0.284 e. The normalized spacial score (nSPS) is 16.5. The molecule has 2 aromatic carbocycles. The van der Waals surface area contributed by atoms with Crippen LogP contribution in [0.25, 0.3) is 0 Å². The van der Waals surface area contributed by atoms with E-state index in [0.717, 1.165) is 5.56 Å². The Labute approximate surface area is 152 Å². The average Bonchev–Trinajstić information content (AvgIpc) is 2.61. The molecule has 0 aromatic heterocycles. The van der Waals surface area contributed by atoms with Gasteiger partial charge < -0.3 is 14.6 Å². The highest BCUT2D eigenvalue weighted by atomic mass is 16.6. The number of amides is 1. The van der Waals surface area contributed by atoms with Crippen molar-refractivity contribution in [3.8, 4) is 17.2 Å². The molecule has 1 aliphatic heterocycles. The van der Waals surface area contributed by atoms with E-state index in [4.69, 9.17) is 9.47 Å². The highest BCUT2D eigenvalue weighted by Gasteiger charge is 2.28. The molecule has 1 atom stereocenters. The molecule has 2 aromatic rings. The first-order chi connectivity index (χ1) is 12.3. The van der Waals surface area contributed by atoms with Crippen molar-refractivity contribution in [3.63, 3.8) is 0 Å². The Balaban J connectivity index is 1.66. The fraction of sp³-hybridized carbons (Fsp3) is 0.300. The average molecular weight is 354 g/mol. The molecule has 0 bridgehead atoms.